The molecule has 0 saturated carbocycles. The summed E-state index contributed by atoms with van der Waals surface area (Å²) in [6, 6.07) is 11.9. The van der Waals surface area contributed by atoms with Gasteiger partial charge in [0.25, 0.3) is 5.91 Å². The third-order valence-corrected chi connectivity index (χ3v) is 3.87. The van der Waals surface area contributed by atoms with Crippen molar-refractivity contribution in [2.45, 2.75) is 33.7 Å². The van der Waals surface area contributed by atoms with Crippen LogP contribution in [0.2, 0.25) is 0 Å². The molecule has 6 heteroatoms. The third kappa shape index (κ3) is 6.33. The normalized spacial score (nSPS) is 11.7. The average Bonchev–Trinajstić information content (AvgIpc) is 2.57. The molecule has 2 aromatic carbocycles. The molecule has 0 aliphatic heterocycles. The Morgan fingerprint density at radius 1 is 0.963 bits per heavy atom. The van der Waals surface area contributed by atoms with Gasteiger partial charge in [-0.25, -0.2) is 4.79 Å². The fourth-order valence-electron chi connectivity index (χ4n) is 2.61. The van der Waals surface area contributed by atoms with E-state index in [2.05, 4.69) is 11.4 Å². The van der Waals surface area contributed by atoms with Crippen molar-refractivity contribution in [2.24, 2.45) is 5.92 Å². The molecule has 6 nitrogen and oxygen atoms in total. The van der Waals surface area contributed by atoms with Gasteiger partial charge in [0.1, 0.15) is 23.3 Å². The molecule has 0 aromatic heterocycles. The van der Waals surface area contributed by atoms with Crippen LogP contribution in [-0.4, -0.2) is 29.6 Å². The lowest BCUT2D eigenvalue weighted by molar-refractivity contribution is -0.143. The minimum absolute atomic E-state index is 0.215. The molecule has 2 aromatic rings. The standard InChI is InChI=1S/C21H25NO5/c1-13(2)20(21(24)25)22-19(23)12-26-16-5-7-17(8-6-16)27-18-10-14(3)9-15(4)11-18/h5-11,13,20H,12H2,1-4H3,(H,22,23)(H,24,25). The molecule has 1 amide bonds. The number of hydrogen-bond donors (Lipinski definition) is 2. The van der Waals surface area contributed by atoms with Gasteiger partial charge in [0.05, 0.1) is 0 Å². The van der Waals surface area contributed by atoms with Crippen LogP contribution >= 0.6 is 0 Å². The zero-order valence-corrected chi connectivity index (χ0v) is 16.0. The maximum absolute atomic E-state index is 11.9. The van der Waals surface area contributed by atoms with Gasteiger partial charge in [-0.05, 0) is 67.3 Å². The lowest BCUT2D eigenvalue weighted by Crippen LogP contribution is -2.46. The smallest absolute Gasteiger partial charge is 0.326 e. The van der Waals surface area contributed by atoms with Gasteiger partial charge >= 0.3 is 5.97 Å². The summed E-state index contributed by atoms with van der Waals surface area (Å²) in [5.41, 5.74) is 2.24. The van der Waals surface area contributed by atoms with Crippen LogP contribution in [0.15, 0.2) is 42.5 Å². The summed E-state index contributed by atoms with van der Waals surface area (Å²) < 4.78 is 11.2. The first-order chi connectivity index (χ1) is 12.7. The molecular weight excluding hydrogens is 346 g/mol. The number of carboxylic acids is 1. The molecule has 0 saturated heterocycles. The highest BCUT2D eigenvalue weighted by atomic mass is 16.5. The molecular formula is C21H25NO5. The van der Waals surface area contributed by atoms with E-state index >= 15 is 0 Å². The van der Waals surface area contributed by atoms with E-state index in [4.69, 9.17) is 14.6 Å². The Kier molecular flexibility index (Phi) is 6.82. The summed E-state index contributed by atoms with van der Waals surface area (Å²) >= 11 is 0. The first kappa shape index (κ1) is 20.3. The quantitative estimate of drug-likeness (QED) is 0.739. The van der Waals surface area contributed by atoms with Crippen LogP contribution in [0.3, 0.4) is 0 Å². The number of rotatable bonds is 8. The Bertz CT molecular complexity index is 778. The predicted molar refractivity (Wildman–Crippen MR) is 102 cm³/mol. The number of ether oxygens (including phenoxy) is 2. The Labute approximate surface area is 159 Å². The van der Waals surface area contributed by atoms with Crippen molar-refractivity contribution in [3.05, 3.63) is 53.6 Å². The molecule has 1 unspecified atom stereocenters. The van der Waals surface area contributed by atoms with Crippen LogP contribution in [-0.2, 0) is 9.59 Å². The van der Waals surface area contributed by atoms with Crippen molar-refractivity contribution in [3.63, 3.8) is 0 Å². The van der Waals surface area contributed by atoms with Crippen molar-refractivity contribution < 1.29 is 24.2 Å². The lowest BCUT2D eigenvalue weighted by Gasteiger charge is -2.18. The second-order valence-electron chi connectivity index (χ2n) is 6.81. The van der Waals surface area contributed by atoms with Gasteiger partial charge in [-0.1, -0.05) is 19.9 Å². The van der Waals surface area contributed by atoms with E-state index in [9.17, 15) is 9.59 Å². The number of carbonyl (C=O) groups excluding carboxylic acids is 1. The van der Waals surface area contributed by atoms with E-state index in [1.807, 2.05) is 26.0 Å². The van der Waals surface area contributed by atoms with E-state index in [0.29, 0.717) is 11.5 Å². The first-order valence-electron chi connectivity index (χ1n) is 8.76. The van der Waals surface area contributed by atoms with Crippen LogP contribution in [0.1, 0.15) is 25.0 Å². The minimum atomic E-state index is -1.06. The average molecular weight is 371 g/mol. The third-order valence-electron chi connectivity index (χ3n) is 3.87. The van der Waals surface area contributed by atoms with Crippen LogP contribution in [0, 0.1) is 19.8 Å². The van der Waals surface area contributed by atoms with Gasteiger partial charge in [-0.15, -0.1) is 0 Å². The lowest BCUT2D eigenvalue weighted by atomic mass is 10.1. The van der Waals surface area contributed by atoms with Crippen molar-refractivity contribution in [2.75, 3.05) is 6.61 Å². The number of carboxylic acid groups (broad SMARTS) is 1. The van der Waals surface area contributed by atoms with Crippen LogP contribution in [0.4, 0.5) is 0 Å². The predicted octanol–water partition coefficient (Wildman–Crippen LogP) is 3.70. The van der Waals surface area contributed by atoms with Gasteiger partial charge in [-0.3, -0.25) is 4.79 Å². The first-order valence-corrected chi connectivity index (χ1v) is 8.76. The highest BCUT2D eigenvalue weighted by molar-refractivity contribution is 5.84. The largest absolute Gasteiger partial charge is 0.484 e. The molecule has 0 spiro atoms. The molecule has 0 fully saturated rings. The van der Waals surface area contributed by atoms with Crippen molar-refractivity contribution in [3.8, 4) is 17.2 Å². The highest BCUT2D eigenvalue weighted by Crippen LogP contribution is 2.25. The highest BCUT2D eigenvalue weighted by Gasteiger charge is 2.23. The van der Waals surface area contributed by atoms with Crippen LogP contribution < -0.4 is 14.8 Å². The Hall–Kier alpha value is -3.02. The molecule has 0 heterocycles. The van der Waals surface area contributed by atoms with E-state index in [1.54, 1.807) is 38.1 Å². The molecule has 0 bridgehead atoms. The fraction of sp³-hybridized carbons (Fsp3) is 0.333. The second-order valence-corrected chi connectivity index (χ2v) is 6.81. The summed E-state index contributed by atoms with van der Waals surface area (Å²) in [6.45, 7) is 7.22. The SMILES string of the molecule is Cc1cc(C)cc(Oc2ccc(OCC(=O)NC(C(=O)O)C(C)C)cc2)c1. The second kappa shape index (κ2) is 9.07. The maximum Gasteiger partial charge on any atom is 0.326 e. The van der Waals surface area contributed by atoms with Crippen molar-refractivity contribution in [1.29, 1.82) is 0 Å². The Balaban J connectivity index is 1.90. The zero-order valence-electron chi connectivity index (χ0n) is 16.0. The molecule has 0 aliphatic rings. The molecule has 144 valence electrons. The van der Waals surface area contributed by atoms with Crippen molar-refractivity contribution >= 4 is 11.9 Å². The number of hydrogen-bond acceptors (Lipinski definition) is 4. The number of benzene rings is 2. The van der Waals surface area contributed by atoms with Gasteiger partial charge in [0.15, 0.2) is 6.61 Å². The molecule has 2 rings (SSSR count). The Morgan fingerprint density at radius 3 is 2.04 bits per heavy atom. The van der Waals surface area contributed by atoms with E-state index in [0.717, 1.165) is 16.9 Å². The number of amides is 1. The molecule has 1 atom stereocenters. The zero-order chi connectivity index (χ0) is 20.0. The number of carbonyl (C=O) groups is 2. The number of aliphatic carboxylic acids is 1. The summed E-state index contributed by atoms with van der Waals surface area (Å²) in [5, 5.41) is 11.5. The summed E-state index contributed by atoms with van der Waals surface area (Å²) in [6.07, 6.45) is 0. The van der Waals surface area contributed by atoms with Gasteiger partial charge in [0.2, 0.25) is 0 Å². The summed E-state index contributed by atoms with van der Waals surface area (Å²) in [4.78, 5) is 23.0. The topological polar surface area (TPSA) is 84.9 Å². The monoisotopic (exact) mass is 371 g/mol. The van der Waals surface area contributed by atoms with E-state index in [1.165, 1.54) is 0 Å². The molecule has 27 heavy (non-hydrogen) atoms. The van der Waals surface area contributed by atoms with Gasteiger partial charge < -0.3 is 19.9 Å². The number of nitrogens with one attached hydrogen (secondary N) is 1. The molecule has 2 N–H and O–H groups in total. The van der Waals surface area contributed by atoms with E-state index in [-0.39, 0.29) is 12.5 Å². The van der Waals surface area contributed by atoms with E-state index < -0.39 is 17.9 Å². The minimum Gasteiger partial charge on any atom is -0.484 e. The maximum atomic E-state index is 11.9. The summed E-state index contributed by atoms with van der Waals surface area (Å²) in [5.74, 6) is 0.150. The molecule has 0 radical (unpaired) electrons. The van der Waals surface area contributed by atoms with Crippen LogP contribution in [0.5, 0.6) is 17.2 Å². The number of aryl methyl sites for hydroxylation is 2. The van der Waals surface area contributed by atoms with Crippen molar-refractivity contribution in [1.82, 2.24) is 5.32 Å². The van der Waals surface area contributed by atoms with Gasteiger partial charge in [0, 0.05) is 0 Å². The Morgan fingerprint density at radius 2 is 1.52 bits per heavy atom. The molecule has 0 aliphatic carbocycles. The van der Waals surface area contributed by atoms with Crippen LogP contribution in [0.25, 0.3) is 0 Å². The fourth-order valence-corrected chi connectivity index (χ4v) is 2.61. The van der Waals surface area contributed by atoms with Gasteiger partial charge in [-0.2, -0.15) is 0 Å². The summed E-state index contributed by atoms with van der Waals surface area (Å²) in [7, 11) is 0.